The maximum absolute atomic E-state index is 14.0. The van der Waals surface area contributed by atoms with Crippen molar-refractivity contribution in [2.24, 2.45) is 0 Å². The highest BCUT2D eigenvalue weighted by Crippen LogP contribution is 2.63. The van der Waals surface area contributed by atoms with E-state index in [9.17, 15) is 31.1 Å². The molecule has 1 fully saturated rings. The van der Waals surface area contributed by atoms with Crippen molar-refractivity contribution in [3.05, 3.63) is 53.5 Å². The van der Waals surface area contributed by atoms with Crippen LogP contribution in [0.3, 0.4) is 0 Å². The average Bonchev–Trinajstić information content (AvgIpc) is 3.45. The van der Waals surface area contributed by atoms with Crippen molar-refractivity contribution < 1.29 is 40.6 Å². The van der Waals surface area contributed by atoms with Crippen LogP contribution in [0.25, 0.3) is 0 Å². The summed E-state index contributed by atoms with van der Waals surface area (Å²) in [5.74, 6) is -7.16. The lowest BCUT2D eigenvalue weighted by molar-refractivity contribution is -0.296. The van der Waals surface area contributed by atoms with Gasteiger partial charge in [0.05, 0.1) is 18.1 Å². The standard InChI is InChI=1S/C18H13F6NO3/c1-27-15(26)10-8-13(19)14(25-9-10)28-12-4-2-11(3-5-12)16(6-7-16)17(20,21)18(22,23)24/h2-5,8-9H,6-7H2,1H3. The quantitative estimate of drug-likeness (QED) is 0.517. The zero-order valence-corrected chi connectivity index (χ0v) is 14.3. The molecule has 4 nitrogen and oxygen atoms in total. The molecule has 150 valence electrons. The van der Waals surface area contributed by atoms with Crippen LogP contribution in [0.4, 0.5) is 26.3 Å². The summed E-state index contributed by atoms with van der Waals surface area (Å²) in [5.41, 5.74) is -2.63. The lowest BCUT2D eigenvalue weighted by Gasteiger charge is -2.29. The number of halogens is 6. The number of carbonyl (C=O) groups excluding carboxylic acids is 1. The molecule has 0 spiro atoms. The first kappa shape index (κ1) is 20.0. The second-order valence-electron chi connectivity index (χ2n) is 6.28. The minimum atomic E-state index is -5.66. The molecule has 1 aliphatic carbocycles. The maximum atomic E-state index is 14.0. The van der Waals surface area contributed by atoms with Gasteiger partial charge in [-0.05, 0) is 36.6 Å². The Kier molecular flexibility index (Phi) is 4.76. The van der Waals surface area contributed by atoms with Gasteiger partial charge in [0.1, 0.15) is 5.75 Å². The number of esters is 1. The molecule has 0 bridgehead atoms. The van der Waals surface area contributed by atoms with E-state index < -0.39 is 35.2 Å². The Hall–Kier alpha value is -2.78. The van der Waals surface area contributed by atoms with Crippen LogP contribution >= 0.6 is 0 Å². The Bertz CT molecular complexity index is 891. The molecule has 28 heavy (non-hydrogen) atoms. The van der Waals surface area contributed by atoms with Gasteiger partial charge in [-0.1, -0.05) is 12.1 Å². The van der Waals surface area contributed by atoms with E-state index in [0.29, 0.717) is 0 Å². The third-order valence-corrected chi connectivity index (χ3v) is 4.56. The Balaban J connectivity index is 1.80. The summed E-state index contributed by atoms with van der Waals surface area (Å²) >= 11 is 0. The Morgan fingerprint density at radius 3 is 2.18 bits per heavy atom. The summed E-state index contributed by atoms with van der Waals surface area (Å²) in [4.78, 5) is 14.9. The van der Waals surface area contributed by atoms with Gasteiger partial charge in [0.25, 0.3) is 5.88 Å². The topological polar surface area (TPSA) is 48.4 Å². The molecule has 1 heterocycles. The van der Waals surface area contributed by atoms with Crippen molar-refractivity contribution in [2.45, 2.75) is 30.4 Å². The van der Waals surface area contributed by atoms with Crippen LogP contribution in [0.15, 0.2) is 36.5 Å². The molecule has 0 amide bonds. The molecule has 1 aromatic heterocycles. The number of rotatable bonds is 5. The van der Waals surface area contributed by atoms with Crippen LogP contribution in [0.5, 0.6) is 11.6 Å². The number of hydrogen-bond acceptors (Lipinski definition) is 4. The largest absolute Gasteiger partial charge is 0.465 e. The molecule has 0 radical (unpaired) electrons. The molecule has 0 N–H and O–H groups in total. The lowest BCUT2D eigenvalue weighted by atomic mass is 9.88. The third-order valence-electron chi connectivity index (χ3n) is 4.56. The summed E-state index contributed by atoms with van der Waals surface area (Å²) in [5, 5.41) is 0. The fourth-order valence-electron chi connectivity index (χ4n) is 2.86. The number of nitrogens with zero attached hydrogens (tertiary/aromatic N) is 1. The van der Waals surface area contributed by atoms with Gasteiger partial charge in [-0.25, -0.2) is 14.2 Å². The van der Waals surface area contributed by atoms with E-state index in [2.05, 4.69) is 9.72 Å². The second-order valence-corrected chi connectivity index (χ2v) is 6.28. The maximum Gasteiger partial charge on any atom is 0.454 e. The number of ether oxygens (including phenoxy) is 2. The predicted octanol–water partition coefficient (Wildman–Crippen LogP) is 5.03. The highest BCUT2D eigenvalue weighted by molar-refractivity contribution is 5.88. The monoisotopic (exact) mass is 405 g/mol. The van der Waals surface area contributed by atoms with Gasteiger partial charge in [-0.2, -0.15) is 22.0 Å². The van der Waals surface area contributed by atoms with E-state index >= 15 is 0 Å². The van der Waals surface area contributed by atoms with Crippen LogP contribution in [0.1, 0.15) is 28.8 Å². The lowest BCUT2D eigenvalue weighted by Crippen LogP contribution is -2.47. The molecule has 1 saturated carbocycles. The number of alkyl halides is 5. The highest BCUT2D eigenvalue weighted by atomic mass is 19.4. The molecular formula is C18H13F6NO3. The smallest absolute Gasteiger partial charge is 0.454 e. The summed E-state index contributed by atoms with van der Waals surface area (Å²) in [6.45, 7) is 0. The van der Waals surface area contributed by atoms with Crippen molar-refractivity contribution in [3.8, 4) is 11.6 Å². The first-order valence-electron chi connectivity index (χ1n) is 7.98. The van der Waals surface area contributed by atoms with Gasteiger partial charge in [-0.15, -0.1) is 0 Å². The number of hydrogen-bond donors (Lipinski definition) is 0. The Labute approximate surface area is 155 Å². The van der Waals surface area contributed by atoms with Gasteiger partial charge < -0.3 is 9.47 Å². The zero-order chi connectivity index (χ0) is 20.7. The fraction of sp³-hybridized carbons (Fsp3) is 0.333. The van der Waals surface area contributed by atoms with Gasteiger partial charge in [0, 0.05) is 6.20 Å². The van der Waals surface area contributed by atoms with Crippen LogP contribution < -0.4 is 4.74 Å². The molecule has 1 aromatic carbocycles. The summed E-state index contributed by atoms with van der Waals surface area (Å²) < 4.78 is 89.4. The van der Waals surface area contributed by atoms with E-state index in [1.54, 1.807) is 0 Å². The Morgan fingerprint density at radius 2 is 1.71 bits per heavy atom. The van der Waals surface area contributed by atoms with Crippen molar-refractivity contribution in [1.82, 2.24) is 4.98 Å². The third kappa shape index (κ3) is 3.27. The van der Waals surface area contributed by atoms with E-state index in [-0.39, 0.29) is 29.7 Å². The zero-order valence-electron chi connectivity index (χ0n) is 14.3. The van der Waals surface area contributed by atoms with Crippen LogP contribution in [0.2, 0.25) is 0 Å². The SMILES string of the molecule is COC(=O)c1cnc(Oc2ccc(C3(C(F)(F)C(F)(F)F)CC3)cc2)c(F)c1. The molecule has 1 aliphatic rings. The van der Waals surface area contributed by atoms with Gasteiger partial charge in [-0.3, -0.25) is 0 Å². The van der Waals surface area contributed by atoms with Crippen molar-refractivity contribution in [2.75, 3.05) is 7.11 Å². The number of benzene rings is 1. The second kappa shape index (κ2) is 6.68. The molecule has 2 aromatic rings. The van der Waals surface area contributed by atoms with Crippen LogP contribution in [-0.2, 0) is 10.2 Å². The summed E-state index contributed by atoms with van der Waals surface area (Å²) in [6.07, 6.45) is -5.25. The number of carbonyl (C=O) groups is 1. The van der Waals surface area contributed by atoms with E-state index in [1.165, 1.54) is 0 Å². The molecule has 0 unspecified atom stereocenters. The molecular weight excluding hydrogens is 392 g/mol. The normalized spacial score (nSPS) is 15.8. The molecule has 10 heteroatoms. The van der Waals surface area contributed by atoms with E-state index in [4.69, 9.17) is 4.74 Å². The van der Waals surface area contributed by atoms with Crippen LogP contribution in [0, 0.1) is 5.82 Å². The first-order chi connectivity index (χ1) is 13.0. The van der Waals surface area contributed by atoms with Crippen molar-refractivity contribution in [3.63, 3.8) is 0 Å². The molecule has 3 rings (SSSR count). The predicted molar refractivity (Wildman–Crippen MR) is 84.0 cm³/mol. The fourth-order valence-corrected chi connectivity index (χ4v) is 2.86. The molecule has 0 aliphatic heterocycles. The van der Waals surface area contributed by atoms with Crippen LogP contribution in [-0.4, -0.2) is 30.2 Å². The Morgan fingerprint density at radius 1 is 1.11 bits per heavy atom. The first-order valence-corrected chi connectivity index (χ1v) is 7.98. The van der Waals surface area contributed by atoms with Gasteiger partial charge in [0.15, 0.2) is 5.82 Å². The van der Waals surface area contributed by atoms with E-state index in [1.807, 2.05) is 0 Å². The number of aromatic nitrogens is 1. The van der Waals surface area contributed by atoms with Crippen molar-refractivity contribution in [1.29, 1.82) is 0 Å². The summed E-state index contributed by atoms with van der Waals surface area (Å²) in [6, 6.07) is 5.31. The highest BCUT2D eigenvalue weighted by Gasteiger charge is 2.75. The molecule has 0 atom stereocenters. The minimum absolute atomic E-state index is 0.0212. The minimum Gasteiger partial charge on any atom is -0.465 e. The van der Waals surface area contributed by atoms with Gasteiger partial charge >= 0.3 is 18.1 Å². The number of methoxy groups -OCH3 is 1. The van der Waals surface area contributed by atoms with Crippen molar-refractivity contribution >= 4 is 5.97 Å². The molecule has 0 saturated heterocycles. The van der Waals surface area contributed by atoms with E-state index in [0.717, 1.165) is 43.6 Å². The summed E-state index contributed by atoms with van der Waals surface area (Å²) in [7, 11) is 1.11. The average molecular weight is 405 g/mol. The van der Waals surface area contributed by atoms with Gasteiger partial charge in [0.2, 0.25) is 0 Å². The number of pyridine rings is 1.